The lowest BCUT2D eigenvalue weighted by atomic mass is 10.2. The molecule has 78 valence electrons. The van der Waals surface area contributed by atoms with Gasteiger partial charge in [0.15, 0.2) is 0 Å². The van der Waals surface area contributed by atoms with Crippen molar-refractivity contribution < 1.29 is 0 Å². The number of nitrogens with zero attached hydrogens (tertiary/aromatic N) is 1. The largest absolute Gasteiger partial charge is 0.382 e. The van der Waals surface area contributed by atoms with Gasteiger partial charge in [-0.15, -0.1) is 12.4 Å². The summed E-state index contributed by atoms with van der Waals surface area (Å²) in [4.78, 5) is 4.21. The number of hydrogen-bond donors (Lipinski definition) is 2. The summed E-state index contributed by atoms with van der Waals surface area (Å²) >= 11 is 5.83. The van der Waals surface area contributed by atoms with Gasteiger partial charge in [0, 0.05) is 10.4 Å². The van der Waals surface area contributed by atoms with E-state index < -0.39 is 0 Å². The van der Waals surface area contributed by atoms with Gasteiger partial charge in [0.05, 0.1) is 5.52 Å². The van der Waals surface area contributed by atoms with Crippen LogP contribution in [0.1, 0.15) is 5.69 Å². The second kappa shape index (κ2) is 4.47. The van der Waals surface area contributed by atoms with Crippen molar-refractivity contribution in [3.63, 3.8) is 0 Å². The van der Waals surface area contributed by atoms with Crippen LogP contribution in [0.15, 0.2) is 30.3 Å². The second-order valence-corrected chi connectivity index (χ2v) is 3.38. The first kappa shape index (κ1) is 11.8. The topological polar surface area (TPSA) is 62.8 Å². The van der Waals surface area contributed by atoms with E-state index in [0.29, 0.717) is 10.7 Å². The summed E-state index contributed by atoms with van der Waals surface area (Å²) in [5.74, 6) is -0.0261. The predicted octanol–water partition coefficient (Wildman–Crippen LogP) is 2.59. The summed E-state index contributed by atoms with van der Waals surface area (Å²) in [7, 11) is 0. The zero-order valence-electron chi connectivity index (χ0n) is 7.70. The van der Waals surface area contributed by atoms with Crippen LogP contribution in [0.4, 0.5) is 0 Å². The molecule has 0 saturated carbocycles. The van der Waals surface area contributed by atoms with Crippen LogP contribution in [0.3, 0.4) is 0 Å². The van der Waals surface area contributed by atoms with Crippen molar-refractivity contribution in [2.75, 3.05) is 0 Å². The van der Waals surface area contributed by atoms with Gasteiger partial charge in [-0.05, 0) is 24.3 Å². The molecule has 0 fully saturated rings. The Bertz CT molecular complexity index is 511. The van der Waals surface area contributed by atoms with Gasteiger partial charge < -0.3 is 5.73 Å². The Balaban J connectivity index is 0.00000112. The Hall–Kier alpha value is -1.32. The molecule has 0 radical (unpaired) electrons. The van der Waals surface area contributed by atoms with E-state index in [0.717, 1.165) is 10.9 Å². The smallest absolute Gasteiger partial charge is 0.141 e. The number of fused-ring (bicyclic) bond motifs is 1. The van der Waals surface area contributed by atoms with Gasteiger partial charge in [0.1, 0.15) is 11.5 Å². The van der Waals surface area contributed by atoms with Crippen LogP contribution >= 0.6 is 24.0 Å². The third kappa shape index (κ3) is 2.37. The van der Waals surface area contributed by atoms with Gasteiger partial charge >= 0.3 is 0 Å². The molecule has 0 atom stereocenters. The van der Waals surface area contributed by atoms with Crippen molar-refractivity contribution in [2.24, 2.45) is 5.73 Å². The molecule has 0 bridgehead atoms. The molecule has 0 aliphatic rings. The summed E-state index contributed by atoms with van der Waals surface area (Å²) in [5.41, 5.74) is 6.61. The minimum absolute atomic E-state index is 0. The van der Waals surface area contributed by atoms with Crippen molar-refractivity contribution in [2.45, 2.75) is 0 Å². The zero-order valence-corrected chi connectivity index (χ0v) is 9.27. The molecule has 0 aliphatic heterocycles. The van der Waals surface area contributed by atoms with E-state index in [2.05, 4.69) is 4.98 Å². The Morgan fingerprint density at radius 3 is 2.67 bits per heavy atom. The van der Waals surface area contributed by atoms with Gasteiger partial charge in [0.25, 0.3) is 0 Å². The minimum Gasteiger partial charge on any atom is -0.382 e. The molecule has 2 rings (SSSR count). The lowest BCUT2D eigenvalue weighted by molar-refractivity contribution is 1.31. The third-order valence-electron chi connectivity index (χ3n) is 1.93. The zero-order chi connectivity index (χ0) is 10.1. The lowest BCUT2D eigenvalue weighted by Crippen LogP contribution is -2.12. The highest BCUT2D eigenvalue weighted by Gasteiger charge is 2.00. The molecule has 0 spiro atoms. The Labute approximate surface area is 98.2 Å². The molecule has 0 aliphatic carbocycles. The average Bonchev–Trinajstić information content (AvgIpc) is 2.16. The number of amidine groups is 1. The number of pyridine rings is 1. The summed E-state index contributed by atoms with van der Waals surface area (Å²) in [5, 5.41) is 8.86. The second-order valence-electron chi connectivity index (χ2n) is 2.95. The molecule has 2 aromatic rings. The molecule has 3 N–H and O–H groups in total. The summed E-state index contributed by atoms with van der Waals surface area (Å²) in [6.45, 7) is 0. The quantitative estimate of drug-likeness (QED) is 0.596. The van der Waals surface area contributed by atoms with E-state index in [-0.39, 0.29) is 18.2 Å². The van der Waals surface area contributed by atoms with Crippen LogP contribution in [-0.2, 0) is 0 Å². The number of nitrogens with two attached hydrogens (primary N) is 1. The number of nitrogens with one attached hydrogen (secondary N) is 1. The lowest BCUT2D eigenvalue weighted by Gasteiger charge is -2.00. The minimum atomic E-state index is -0.0261. The SMILES string of the molecule is Cl.N=C(N)c1ccc2cc(Cl)ccc2n1. The van der Waals surface area contributed by atoms with Crippen molar-refractivity contribution in [1.82, 2.24) is 4.98 Å². The normalized spacial score (nSPS) is 9.67. The fourth-order valence-electron chi connectivity index (χ4n) is 1.25. The van der Waals surface area contributed by atoms with E-state index >= 15 is 0 Å². The molecule has 1 aromatic carbocycles. The van der Waals surface area contributed by atoms with E-state index in [1.165, 1.54) is 0 Å². The first-order valence-corrected chi connectivity index (χ1v) is 4.45. The van der Waals surface area contributed by atoms with E-state index in [1.54, 1.807) is 12.1 Å². The highest BCUT2D eigenvalue weighted by Crippen LogP contribution is 2.17. The summed E-state index contributed by atoms with van der Waals surface area (Å²) in [6, 6.07) is 8.96. The van der Waals surface area contributed by atoms with Crippen molar-refractivity contribution in [1.29, 1.82) is 5.41 Å². The first-order chi connectivity index (χ1) is 6.66. The first-order valence-electron chi connectivity index (χ1n) is 4.07. The number of hydrogen-bond acceptors (Lipinski definition) is 2. The van der Waals surface area contributed by atoms with Gasteiger partial charge in [-0.25, -0.2) is 4.98 Å². The summed E-state index contributed by atoms with van der Waals surface area (Å²) < 4.78 is 0. The van der Waals surface area contributed by atoms with Crippen LogP contribution in [0.2, 0.25) is 5.02 Å². The number of benzene rings is 1. The maximum Gasteiger partial charge on any atom is 0.141 e. The van der Waals surface area contributed by atoms with Crippen molar-refractivity contribution >= 4 is 40.7 Å². The number of nitrogen functional groups attached to an aromatic ring is 1. The maximum absolute atomic E-state index is 7.24. The fraction of sp³-hybridized carbons (Fsp3) is 0. The number of halogens is 2. The van der Waals surface area contributed by atoms with Crippen LogP contribution < -0.4 is 5.73 Å². The van der Waals surface area contributed by atoms with E-state index in [9.17, 15) is 0 Å². The van der Waals surface area contributed by atoms with Crippen molar-refractivity contribution in [3.8, 4) is 0 Å². The van der Waals surface area contributed by atoms with Gasteiger partial charge in [-0.1, -0.05) is 17.7 Å². The van der Waals surface area contributed by atoms with Crippen LogP contribution in [0.5, 0.6) is 0 Å². The molecule has 5 heteroatoms. The molecule has 0 saturated heterocycles. The molecular formula is C10H9Cl2N3. The van der Waals surface area contributed by atoms with Gasteiger partial charge in [-0.2, -0.15) is 0 Å². The molecule has 0 unspecified atom stereocenters. The fourth-order valence-corrected chi connectivity index (χ4v) is 1.43. The van der Waals surface area contributed by atoms with E-state index in [4.69, 9.17) is 22.7 Å². The van der Waals surface area contributed by atoms with Crippen LogP contribution in [0.25, 0.3) is 10.9 Å². The maximum atomic E-state index is 7.24. The molecule has 15 heavy (non-hydrogen) atoms. The Kier molecular flexibility index (Phi) is 3.50. The standard InChI is InChI=1S/C10H8ClN3.ClH/c11-7-2-4-8-6(5-7)1-3-9(14-8)10(12)13;/h1-5H,(H3,12,13);1H. The van der Waals surface area contributed by atoms with Gasteiger partial charge in [-0.3, -0.25) is 5.41 Å². The summed E-state index contributed by atoms with van der Waals surface area (Å²) in [6.07, 6.45) is 0. The monoisotopic (exact) mass is 241 g/mol. The number of rotatable bonds is 1. The third-order valence-corrected chi connectivity index (χ3v) is 2.16. The molecule has 0 amide bonds. The highest BCUT2D eigenvalue weighted by atomic mass is 35.5. The van der Waals surface area contributed by atoms with Gasteiger partial charge in [0.2, 0.25) is 0 Å². The van der Waals surface area contributed by atoms with Crippen molar-refractivity contribution in [3.05, 3.63) is 41.0 Å². The Morgan fingerprint density at radius 2 is 2.00 bits per heavy atom. The molecule has 1 aromatic heterocycles. The average molecular weight is 242 g/mol. The van der Waals surface area contributed by atoms with E-state index in [1.807, 2.05) is 18.2 Å². The number of aromatic nitrogens is 1. The highest BCUT2D eigenvalue weighted by molar-refractivity contribution is 6.31. The van der Waals surface area contributed by atoms with Crippen LogP contribution in [0, 0.1) is 5.41 Å². The van der Waals surface area contributed by atoms with Crippen LogP contribution in [-0.4, -0.2) is 10.8 Å². The molecular weight excluding hydrogens is 233 g/mol. The molecule has 3 nitrogen and oxygen atoms in total. The Morgan fingerprint density at radius 1 is 1.27 bits per heavy atom. The molecule has 1 heterocycles. The predicted molar refractivity (Wildman–Crippen MR) is 65.0 cm³/mol.